The number of nitriles is 1. The molecular formula is C28H35BrN4O3S. The molecule has 1 aliphatic heterocycles. The topological polar surface area (TPSA) is 94.5 Å². The summed E-state index contributed by atoms with van der Waals surface area (Å²) >= 11 is 4.94. The number of carbonyl (C=O) groups excluding carboxylic acids is 2. The van der Waals surface area contributed by atoms with E-state index in [0.29, 0.717) is 37.5 Å². The first-order valence-electron chi connectivity index (χ1n) is 12.6. The van der Waals surface area contributed by atoms with E-state index in [9.17, 15) is 14.9 Å². The molecule has 1 fully saturated rings. The Labute approximate surface area is 232 Å². The summed E-state index contributed by atoms with van der Waals surface area (Å²) in [6, 6.07) is 17.1. The van der Waals surface area contributed by atoms with Crippen molar-refractivity contribution < 1.29 is 14.3 Å². The molecule has 0 radical (unpaired) electrons. The molecule has 2 aromatic rings. The molecule has 1 atom stereocenters. The average Bonchev–Trinajstić information content (AvgIpc) is 2.85. The summed E-state index contributed by atoms with van der Waals surface area (Å²) in [7, 11) is 0. The number of ether oxygens (including phenoxy) is 1. The largest absolute Gasteiger partial charge is 0.444 e. The summed E-state index contributed by atoms with van der Waals surface area (Å²) in [6.45, 7) is 7.48. The number of benzene rings is 2. The molecule has 3 rings (SSSR count). The van der Waals surface area contributed by atoms with Gasteiger partial charge in [0.1, 0.15) is 11.6 Å². The highest BCUT2D eigenvalue weighted by atomic mass is 79.9. The maximum absolute atomic E-state index is 13.6. The third kappa shape index (κ3) is 10.0. The molecule has 0 aliphatic carbocycles. The molecule has 0 saturated carbocycles. The van der Waals surface area contributed by atoms with Crippen molar-refractivity contribution in [2.75, 3.05) is 19.6 Å². The van der Waals surface area contributed by atoms with Crippen molar-refractivity contribution in [3.63, 3.8) is 0 Å². The second kappa shape index (κ2) is 13.8. The van der Waals surface area contributed by atoms with Gasteiger partial charge in [-0.25, -0.2) is 9.52 Å². The Balaban J connectivity index is 1.56. The first-order valence-corrected chi connectivity index (χ1v) is 14.2. The van der Waals surface area contributed by atoms with Crippen molar-refractivity contribution >= 4 is 39.9 Å². The van der Waals surface area contributed by atoms with Crippen LogP contribution in [0.3, 0.4) is 0 Å². The maximum Gasteiger partial charge on any atom is 0.407 e. The number of hydrogen-bond donors (Lipinski definition) is 2. The van der Waals surface area contributed by atoms with E-state index in [-0.39, 0.29) is 5.91 Å². The number of carbonyl (C=O) groups is 2. The Bertz CT molecular complexity index is 1110. The van der Waals surface area contributed by atoms with Crippen molar-refractivity contribution in [2.45, 2.75) is 63.0 Å². The molecule has 198 valence electrons. The lowest BCUT2D eigenvalue weighted by Gasteiger charge is -2.34. The number of piperidine rings is 1. The number of nitrogens with one attached hydrogen (secondary N) is 2. The van der Waals surface area contributed by atoms with Crippen LogP contribution in [-0.2, 0) is 16.0 Å². The smallest absolute Gasteiger partial charge is 0.407 e. The fourth-order valence-electron chi connectivity index (χ4n) is 4.21. The van der Waals surface area contributed by atoms with Crippen LogP contribution >= 0.6 is 27.9 Å². The molecule has 9 heteroatoms. The van der Waals surface area contributed by atoms with Gasteiger partial charge in [0.05, 0.1) is 11.6 Å². The van der Waals surface area contributed by atoms with Crippen LogP contribution in [0, 0.1) is 17.2 Å². The van der Waals surface area contributed by atoms with Gasteiger partial charge in [-0.2, -0.15) is 5.26 Å². The predicted octanol–water partition coefficient (Wildman–Crippen LogP) is 5.68. The second-order valence-electron chi connectivity index (χ2n) is 10.2. The molecule has 7 nitrogen and oxygen atoms in total. The molecule has 2 N–H and O–H groups in total. The Kier molecular flexibility index (Phi) is 10.9. The lowest BCUT2D eigenvalue weighted by Crippen LogP contribution is -2.48. The van der Waals surface area contributed by atoms with Gasteiger partial charge in [0.25, 0.3) is 0 Å². The fraction of sp³-hybridized carbons (Fsp3) is 0.464. The minimum atomic E-state index is -0.508. The third-order valence-corrected chi connectivity index (χ3v) is 7.44. The number of halogens is 1. The summed E-state index contributed by atoms with van der Waals surface area (Å²) in [4.78, 5) is 28.4. The van der Waals surface area contributed by atoms with Gasteiger partial charge in [0.2, 0.25) is 5.91 Å². The monoisotopic (exact) mass is 586 g/mol. The van der Waals surface area contributed by atoms with Crippen LogP contribution in [0.25, 0.3) is 0 Å². The van der Waals surface area contributed by atoms with E-state index >= 15 is 0 Å². The van der Waals surface area contributed by atoms with Gasteiger partial charge < -0.3 is 15.0 Å². The molecule has 0 spiro atoms. The van der Waals surface area contributed by atoms with Gasteiger partial charge in [-0.05, 0) is 100 Å². The molecule has 2 amide bonds. The van der Waals surface area contributed by atoms with Crippen LogP contribution < -0.4 is 10.0 Å². The Morgan fingerprint density at radius 1 is 1.19 bits per heavy atom. The van der Waals surface area contributed by atoms with Crippen molar-refractivity contribution in [3.8, 4) is 6.07 Å². The molecule has 0 aromatic heterocycles. The fourth-order valence-corrected chi connectivity index (χ4v) is 5.55. The summed E-state index contributed by atoms with van der Waals surface area (Å²) in [5.74, 6) is 0.518. The first kappa shape index (κ1) is 29.0. The van der Waals surface area contributed by atoms with Gasteiger partial charge in [0.15, 0.2) is 0 Å². The van der Waals surface area contributed by atoms with Crippen LogP contribution in [0.1, 0.15) is 51.2 Å². The SMILES string of the molecule is CC(C)(C)OC(=O)NCCC1CCN(C(=O)C(Cc2cccc(C#N)c2)NSc2cccc(Br)c2)CC1. The second-order valence-corrected chi connectivity index (χ2v) is 12.1. The number of amides is 2. The molecule has 1 saturated heterocycles. The quantitative estimate of drug-likeness (QED) is 0.367. The zero-order valence-corrected chi connectivity index (χ0v) is 24.0. The van der Waals surface area contributed by atoms with Gasteiger partial charge >= 0.3 is 6.09 Å². The molecule has 2 aromatic carbocycles. The van der Waals surface area contributed by atoms with Crippen molar-refractivity contribution in [1.29, 1.82) is 5.26 Å². The van der Waals surface area contributed by atoms with Gasteiger partial charge in [-0.3, -0.25) is 4.79 Å². The number of alkyl carbamates (subject to hydrolysis) is 1. The number of nitrogens with zero attached hydrogens (tertiary/aromatic N) is 2. The number of hydrogen-bond acceptors (Lipinski definition) is 6. The van der Waals surface area contributed by atoms with Crippen LogP contribution in [0.5, 0.6) is 0 Å². The highest BCUT2D eigenvalue weighted by Gasteiger charge is 2.29. The third-order valence-electron chi connectivity index (χ3n) is 6.06. The molecular weight excluding hydrogens is 552 g/mol. The highest BCUT2D eigenvalue weighted by molar-refractivity contribution is 9.10. The standard InChI is InChI=1S/C28H35BrN4O3S/c1-28(2,3)36-27(35)31-13-10-20-11-14-33(15-12-20)26(34)25(17-21-6-4-7-22(16-21)19-30)32-37-24-9-5-8-23(29)18-24/h4-9,16,18,20,25,32H,10-15,17H2,1-3H3,(H,31,35). The highest BCUT2D eigenvalue weighted by Crippen LogP contribution is 2.24. The normalized spacial score (nSPS) is 15.1. The predicted molar refractivity (Wildman–Crippen MR) is 150 cm³/mol. The van der Waals surface area contributed by atoms with Gasteiger partial charge in [-0.1, -0.05) is 34.1 Å². The van der Waals surface area contributed by atoms with E-state index in [1.165, 1.54) is 11.9 Å². The van der Waals surface area contributed by atoms with E-state index in [0.717, 1.165) is 34.2 Å². The zero-order valence-electron chi connectivity index (χ0n) is 21.6. The minimum absolute atomic E-state index is 0.0650. The van der Waals surface area contributed by atoms with Crippen LogP contribution in [0.15, 0.2) is 57.9 Å². The Hall–Kier alpha value is -2.54. The van der Waals surface area contributed by atoms with Crippen LogP contribution in [0.4, 0.5) is 4.79 Å². The lowest BCUT2D eigenvalue weighted by molar-refractivity contribution is -0.134. The minimum Gasteiger partial charge on any atom is -0.444 e. The molecule has 37 heavy (non-hydrogen) atoms. The van der Waals surface area contributed by atoms with E-state index in [1.54, 1.807) is 6.07 Å². The Morgan fingerprint density at radius 3 is 2.59 bits per heavy atom. The summed E-state index contributed by atoms with van der Waals surface area (Å²) in [6.07, 6.45) is 2.77. The van der Waals surface area contributed by atoms with Gasteiger partial charge in [-0.15, -0.1) is 0 Å². The van der Waals surface area contributed by atoms with E-state index in [1.807, 2.05) is 68.1 Å². The Morgan fingerprint density at radius 2 is 1.92 bits per heavy atom. The molecule has 1 heterocycles. The molecule has 1 unspecified atom stereocenters. The number of likely N-dealkylation sites (tertiary alicyclic amines) is 1. The van der Waals surface area contributed by atoms with Crippen LogP contribution in [0.2, 0.25) is 0 Å². The summed E-state index contributed by atoms with van der Waals surface area (Å²) in [5, 5.41) is 12.1. The molecule has 0 bridgehead atoms. The maximum atomic E-state index is 13.6. The van der Waals surface area contributed by atoms with Crippen molar-refractivity contribution in [2.24, 2.45) is 5.92 Å². The lowest BCUT2D eigenvalue weighted by atomic mass is 9.93. The van der Waals surface area contributed by atoms with E-state index < -0.39 is 17.7 Å². The van der Waals surface area contributed by atoms with Crippen molar-refractivity contribution in [3.05, 3.63) is 64.1 Å². The van der Waals surface area contributed by atoms with Crippen LogP contribution in [-0.4, -0.2) is 48.2 Å². The van der Waals surface area contributed by atoms with E-state index in [2.05, 4.69) is 32.0 Å². The zero-order chi connectivity index (χ0) is 26.8. The first-order chi connectivity index (χ1) is 17.6. The molecule has 1 aliphatic rings. The summed E-state index contributed by atoms with van der Waals surface area (Å²) < 4.78 is 9.66. The number of rotatable bonds is 9. The van der Waals surface area contributed by atoms with Gasteiger partial charge in [0, 0.05) is 29.0 Å². The summed E-state index contributed by atoms with van der Waals surface area (Å²) in [5.41, 5.74) is 1.03. The van der Waals surface area contributed by atoms with Crippen molar-refractivity contribution in [1.82, 2.24) is 14.9 Å². The average molecular weight is 588 g/mol. The van der Waals surface area contributed by atoms with E-state index in [4.69, 9.17) is 4.74 Å².